The predicted octanol–water partition coefficient (Wildman–Crippen LogP) is 3.33. The topological polar surface area (TPSA) is 69.6 Å². The van der Waals surface area contributed by atoms with Crippen LogP contribution in [0.3, 0.4) is 0 Å². The highest BCUT2D eigenvalue weighted by Gasteiger charge is 2.22. The van der Waals surface area contributed by atoms with Crippen LogP contribution in [0, 0.1) is 0 Å². The maximum absolute atomic E-state index is 12.6. The number of nitrogens with zero attached hydrogens (tertiary/aromatic N) is 1. The molecule has 4 rings (SSSR count). The minimum atomic E-state index is -0.275. The van der Waals surface area contributed by atoms with Gasteiger partial charge < -0.3 is 15.3 Å². The molecule has 2 amide bonds. The van der Waals surface area contributed by atoms with E-state index in [9.17, 15) is 14.7 Å². The normalized spacial score (nSPS) is 16.3. The third kappa shape index (κ3) is 3.68. The molecule has 2 aromatic carbocycles. The first-order chi connectivity index (χ1) is 13.1. The minimum Gasteiger partial charge on any atom is -0.507 e. The van der Waals surface area contributed by atoms with E-state index in [1.807, 2.05) is 30.3 Å². The van der Waals surface area contributed by atoms with Crippen LogP contribution in [0.4, 0.5) is 5.69 Å². The van der Waals surface area contributed by atoms with Crippen LogP contribution < -0.4 is 10.2 Å². The molecule has 1 heterocycles. The molecule has 0 spiro atoms. The Labute approximate surface area is 159 Å². The summed E-state index contributed by atoms with van der Waals surface area (Å²) in [6.45, 7) is 1.10. The number of anilines is 1. The van der Waals surface area contributed by atoms with Gasteiger partial charge in [-0.1, -0.05) is 12.1 Å². The fraction of sp³-hybridized carbons (Fsp3) is 0.364. The quantitative estimate of drug-likeness (QED) is 0.874. The molecule has 5 heteroatoms. The number of hydrogen-bond acceptors (Lipinski definition) is 3. The molecule has 1 fully saturated rings. The zero-order valence-electron chi connectivity index (χ0n) is 15.3. The van der Waals surface area contributed by atoms with Crippen LogP contribution in [0.2, 0.25) is 0 Å². The van der Waals surface area contributed by atoms with Crippen LogP contribution in [-0.2, 0) is 24.2 Å². The summed E-state index contributed by atoms with van der Waals surface area (Å²) in [4.78, 5) is 26.3. The lowest BCUT2D eigenvalue weighted by Crippen LogP contribution is -2.25. The van der Waals surface area contributed by atoms with Gasteiger partial charge in [0.05, 0.1) is 5.56 Å². The molecule has 140 valence electrons. The summed E-state index contributed by atoms with van der Waals surface area (Å²) in [6.07, 6.45) is 5.67. The summed E-state index contributed by atoms with van der Waals surface area (Å²) in [5.74, 6) is -0.0803. The molecule has 0 saturated carbocycles. The van der Waals surface area contributed by atoms with Crippen LogP contribution >= 0.6 is 0 Å². The number of aromatic hydroxyl groups is 1. The Hall–Kier alpha value is -2.82. The summed E-state index contributed by atoms with van der Waals surface area (Å²) >= 11 is 0. The Morgan fingerprint density at radius 3 is 2.56 bits per heavy atom. The van der Waals surface area contributed by atoms with E-state index < -0.39 is 0 Å². The van der Waals surface area contributed by atoms with Crippen molar-refractivity contribution in [2.75, 3.05) is 11.4 Å². The average Bonchev–Trinajstić information content (AvgIpc) is 3.12. The zero-order chi connectivity index (χ0) is 18.8. The van der Waals surface area contributed by atoms with Crippen molar-refractivity contribution < 1.29 is 14.7 Å². The number of phenolic OH excluding ortho intramolecular Hbond substituents is 1. The smallest absolute Gasteiger partial charge is 0.255 e. The Bertz CT molecular complexity index is 891. The molecule has 2 aliphatic rings. The molecular weight excluding hydrogens is 340 g/mol. The van der Waals surface area contributed by atoms with Crippen LogP contribution in [0.15, 0.2) is 36.4 Å². The van der Waals surface area contributed by atoms with E-state index in [1.165, 1.54) is 5.56 Å². The van der Waals surface area contributed by atoms with E-state index in [2.05, 4.69) is 5.32 Å². The van der Waals surface area contributed by atoms with Crippen molar-refractivity contribution >= 4 is 17.5 Å². The van der Waals surface area contributed by atoms with Gasteiger partial charge in [-0.25, -0.2) is 0 Å². The van der Waals surface area contributed by atoms with Crippen LogP contribution in [0.25, 0.3) is 0 Å². The van der Waals surface area contributed by atoms with Gasteiger partial charge in [-0.2, -0.15) is 0 Å². The van der Waals surface area contributed by atoms with Crippen LogP contribution in [0.1, 0.15) is 52.7 Å². The Morgan fingerprint density at radius 1 is 1.04 bits per heavy atom. The van der Waals surface area contributed by atoms with Gasteiger partial charge in [-0.3, -0.25) is 9.59 Å². The van der Waals surface area contributed by atoms with Crippen molar-refractivity contribution in [2.24, 2.45) is 0 Å². The molecule has 1 aliphatic heterocycles. The van der Waals surface area contributed by atoms with Crippen molar-refractivity contribution in [1.82, 2.24) is 5.32 Å². The highest BCUT2D eigenvalue weighted by molar-refractivity contribution is 5.97. The number of phenols is 1. The standard InChI is InChI=1S/C22H24N2O3/c25-20-13-17-7-2-1-6-16(17)12-19(20)22(27)23-14-15-5-3-8-18(11-15)24-10-4-9-21(24)26/h3,5,8,11-13,25H,1-2,4,6-7,9-10,14H2,(H,23,27). The highest BCUT2D eigenvalue weighted by atomic mass is 16.3. The van der Waals surface area contributed by atoms with E-state index in [0.717, 1.165) is 55.5 Å². The van der Waals surface area contributed by atoms with E-state index in [1.54, 1.807) is 11.0 Å². The Balaban J connectivity index is 1.46. The number of aryl methyl sites for hydroxylation is 2. The summed E-state index contributed by atoms with van der Waals surface area (Å²) in [5.41, 5.74) is 4.46. The number of hydrogen-bond donors (Lipinski definition) is 2. The van der Waals surface area contributed by atoms with Gasteiger partial charge in [-0.05, 0) is 73.1 Å². The van der Waals surface area contributed by atoms with Crippen LogP contribution in [-0.4, -0.2) is 23.5 Å². The van der Waals surface area contributed by atoms with Gasteiger partial charge in [0.25, 0.3) is 5.91 Å². The lowest BCUT2D eigenvalue weighted by atomic mass is 9.90. The molecule has 0 aromatic heterocycles. The molecule has 2 aromatic rings. The fourth-order valence-corrected chi connectivity index (χ4v) is 3.99. The molecule has 0 atom stereocenters. The number of fused-ring (bicyclic) bond motifs is 1. The van der Waals surface area contributed by atoms with Gasteiger partial charge in [0, 0.05) is 25.2 Å². The molecule has 0 unspecified atom stereocenters. The summed E-state index contributed by atoms with van der Waals surface area (Å²) in [6, 6.07) is 11.3. The maximum atomic E-state index is 12.6. The third-order valence-electron chi connectivity index (χ3n) is 5.45. The van der Waals surface area contributed by atoms with Crippen molar-refractivity contribution in [1.29, 1.82) is 0 Å². The molecule has 1 aliphatic carbocycles. The monoisotopic (exact) mass is 364 g/mol. The van der Waals surface area contributed by atoms with Crippen LogP contribution in [0.5, 0.6) is 5.75 Å². The van der Waals surface area contributed by atoms with Gasteiger partial charge in [0.1, 0.15) is 5.75 Å². The van der Waals surface area contributed by atoms with Crippen molar-refractivity contribution in [2.45, 2.75) is 45.1 Å². The Kier molecular flexibility index (Phi) is 4.84. The number of nitrogens with one attached hydrogen (secondary N) is 1. The number of benzene rings is 2. The van der Waals surface area contributed by atoms with E-state index in [0.29, 0.717) is 18.5 Å². The molecule has 1 saturated heterocycles. The van der Waals surface area contributed by atoms with E-state index in [4.69, 9.17) is 0 Å². The second kappa shape index (κ2) is 7.43. The molecule has 0 radical (unpaired) electrons. The summed E-state index contributed by atoms with van der Waals surface area (Å²) < 4.78 is 0. The third-order valence-corrected chi connectivity index (χ3v) is 5.45. The molecular formula is C22H24N2O3. The second-order valence-corrected chi connectivity index (χ2v) is 7.35. The fourth-order valence-electron chi connectivity index (χ4n) is 3.99. The average molecular weight is 364 g/mol. The largest absolute Gasteiger partial charge is 0.507 e. The number of amides is 2. The first-order valence-corrected chi connectivity index (χ1v) is 9.64. The lowest BCUT2D eigenvalue weighted by molar-refractivity contribution is -0.117. The Morgan fingerprint density at radius 2 is 1.81 bits per heavy atom. The molecule has 0 bridgehead atoms. The lowest BCUT2D eigenvalue weighted by Gasteiger charge is -2.18. The van der Waals surface area contributed by atoms with Gasteiger partial charge in [0.15, 0.2) is 0 Å². The van der Waals surface area contributed by atoms with Gasteiger partial charge >= 0.3 is 0 Å². The first-order valence-electron chi connectivity index (χ1n) is 9.64. The predicted molar refractivity (Wildman–Crippen MR) is 104 cm³/mol. The zero-order valence-corrected chi connectivity index (χ0v) is 15.3. The molecule has 27 heavy (non-hydrogen) atoms. The first kappa shape index (κ1) is 17.6. The summed E-state index contributed by atoms with van der Waals surface area (Å²) in [5, 5.41) is 13.1. The van der Waals surface area contributed by atoms with Gasteiger partial charge in [0.2, 0.25) is 5.91 Å². The molecule has 5 nitrogen and oxygen atoms in total. The van der Waals surface area contributed by atoms with E-state index >= 15 is 0 Å². The van der Waals surface area contributed by atoms with Crippen molar-refractivity contribution in [3.8, 4) is 5.75 Å². The van der Waals surface area contributed by atoms with E-state index in [-0.39, 0.29) is 17.6 Å². The number of rotatable bonds is 4. The number of carbonyl (C=O) groups excluding carboxylic acids is 2. The SMILES string of the molecule is O=C(NCc1cccc(N2CCCC2=O)c1)c1cc2c(cc1O)CCCC2. The van der Waals surface area contributed by atoms with Crippen molar-refractivity contribution in [3.05, 3.63) is 58.7 Å². The van der Waals surface area contributed by atoms with Gasteiger partial charge in [-0.15, -0.1) is 0 Å². The minimum absolute atomic E-state index is 0.0459. The second-order valence-electron chi connectivity index (χ2n) is 7.35. The molecule has 2 N–H and O–H groups in total. The highest BCUT2D eigenvalue weighted by Crippen LogP contribution is 2.28. The van der Waals surface area contributed by atoms with Crippen molar-refractivity contribution in [3.63, 3.8) is 0 Å². The summed E-state index contributed by atoms with van der Waals surface area (Å²) in [7, 11) is 0. The maximum Gasteiger partial charge on any atom is 0.255 e. The number of carbonyl (C=O) groups is 2.